The quantitative estimate of drug-likeness (QED) is 0.331. The molecule has 0 N–H and O–H groups in total. The Hall–Kier alpha value is -4.30. The van der Waals surface area contributed by atoms with Gasteiger partial charge in [-0.1, -0.05) is 36.4 Å². The average molecular weight is 522 g/mol. The van der Waals surface area contributed by atoms with E-state index >= 15 is 0 Å². The highest BCUT2D eigenvalue weighted by molar-refractivity contribution is 8.18. The van der Waals surface area contributed by atoms with E-state index < -0.39 is 0 Å². The lowest BCUT2D eigenvalue weighted by atomic mass is 10.1. The fraction of sp³-hybridized carbons (Fsp3) is 0.167. The van der Waals surface area contributed by atoms with Gasteiger partial charge in [0.15, 0.2) is 5.17 Å². The zero-order chi connectivity index (χ0) is 25.9. The number of benzene rings is 3. The van der Waals surface area contributed by atoms with Crippen molar-refractivity contribution in [3.8, 4) is 22.7 Å². The number of hydrogen-bond acceptors (Lipinski definition) is 6. The Kier molecular flexibility index (Phi) is 6.71. The van der Waals surface area contributed by atoms with E-state index in [0.29, 0.717) is 4.91 Å². The SMILES string of the molecule is COc1ccc(-c2nn(-c3ccccc3)cc2/C=C2\SC(N3CCN(c4ccccc4)CC3)=NC2=O)cc1. The smallest absolute Gasteiger partial charge is 0.286 e. The molecule has 0 saturated carbocycles. The summed E-state index contributed by atoms with van der Waals surface area (Å²) in [6, 6.07) is 28.2. The molecule has 0 unspecified atom stereocenters. The Labute approximate surface area is 226 Å². The van der Waals surface area contributed by atoms with Gasteiger partial charge in [-0.05, 0) is 66.4 Å². The molecule has 6 rings (SSSR count). The highest BCUT2D eigenvalue weighted by Crippen LogP contribution is 2.34. The maximum Gasteiger partial charge on any atom is 0.286 e. The van der Waals surface area contributed by atoms with Crippen molar-refractivity contribution >= 4 is 34.6 Å². The highest BCUT2D eigenvalue weighted by Gasteiger charge is 2.29. The molecule has 2 aliphatic rings. The van der Waals surface area contributed by atoms with E-state index in [-0.39, 0.29) is 5.91 Å². The van der Waals surface area contributed by atoms with E-state index in [0.717, 1.165) is 59.6 Å². The molecular formula is C30H27N5O2S. The van der Waals surface area contributed by atoms with Gasteiger partial charge in [-0.25, -0.2) is 4.68 Å². The largest absolute Gasteiger partial charge is 0.497 e. The van der Waals surface area contributed by atoms with Crippen molar-refractivity contribution in [1.29, 1.82) is 0 Å². The van der Waals surface area contributed by atoms with Crippen LogP contribution >= 0.6 is 11.8 Å². The molecule has 0 radical (unpaired) electrons. The molecule has 0 atom stereocenters. The number of hydrogen-bond donors (Lipinski definition) is 0. The van der Waals surface area contributed by atoms with Gasteiger partial charge in [0, 0.05) is 49.2 Å². The summed E-state index contributed by atoms with van der Waals surface area (Å²) in [6.07, 6.45) is 3.88. The number of aliphatic imine (C=N–C) groups is 1. The van der Waals surface area contributed by atoms with Crippen LogP contribution in [-0.4, -0.2) is 59.0 Å². The second kappa shape index (κ2) is 10.6. The van der Waals surface area contributed by atoms with Gasteiger partial charge in [-0.3, -0.25) is 4.79 Å². The highest BCUT2D eigenvalue weighted by atomic mass is 32.2. The van der Waals surface area contributed by atoms with Crippen LogP contribution in [0.2, 0.25) is 0 Å². The number of nitrogens with zero attached hydrogens (tertiary/aromatic N) is 5. The first-order valence-corrected chi connectivity index (χ1v) is 13.4. The van der Waals surface area contributed by atoms with Crippen molar-refractivity contribution in [1.82, 2.24) is 14.7 Å². The lowest BCUT2D eigenvalue weighted by molar-refractivity contribution is -0.113. The molecule has 2 aliphatic heterocycles. The number of carbonyl (C=O) groups excluding carboxylic acids is 1. The number of methoxy groups -OCH3 is 1. The van der Waals surface area contributed by atoms with E-state index in [4.69, 9.17) is 9.84 Å². The van der Waals surface area contributed by atoms with Crippen molar-refractivity contribution in [2.75, 3.05) is 38.2 Å². The number of ether oxygens (including phenoxy) is 1. The van der Waals surface area contributed by atoms with Crippen molar-refractivity contribution in [2.45, 2.75) is 0 Å². The summed E-state index contributed by atoms with van der Waals surface area (Å²) in [4.78, 5) is 22.6. The Bertz CT molecular complexity index is 1490. The van der Waals surface area contributed by atoms with Crippen molar-refractivity contribution < 1.29 is 9.53 Å². The van der Waals surface area contributed by atoms with Gasteiger partial charge in [-0.15, -0.1) is 0 Å². The Morgan fingerprint density at radius 2 is 1.45 bits per heavy atom. The van der Waals surface area contributed by atoms with Gasteiger partial charge in [0.25, 0.3) is 5.91 Å². The first kappa shape index (κ1) is 24.1. The summed E-state index contributed by atoms with van der Waals surface area (Å²) in [6.45, 7) is 3.43. The molecule has 7 nitrogen and oxygen atoms in total. The Morgan fingerprint density at radius 1 is 0.816 bits per heavy atom. The Balaban J connectivity index is 1.24. The predicted molar refractivity (Wildman–Crippen MR) is 154 cm³/mol. The molecule has 1 aromatic heterocycles. The number of rotatable bonds is 5. The number of amidine groups is 1. The topological polar surface area (TPSA) is 63.0 Å². The predicted octanol–water partition coefficient (Wildman–Crippen LogP) is 5.34. The molecule has 1 saturated heterocycles. The van der Waals surface area contributed by atoms with Gasteiger partial charge in [0.2, 0.25) is 0 Å². The van der Waals surface area contributed by atoms with E-state index in [1.54, 1.807) is 7.11 Å². The third-order valence-corrected chi connectivity index (χ3v) is 7.74. The maximum atomic E-state index is 13.0. The number of carbonyl (C=O) groups is 1. The van der Waals surface area contributed by atoms with Crippen LogP contribution in [0.1, 0.15) is 5.56 Å². The number of para-hydroxylation sites is 2. The first-order chi connectivity index (χ1) is 18.7. The number of aromatic nitrogens is 2. The van der Waals surface area contributed by atoms with Crippen LogP contribution in [0, 0.1) is 0 Å². The maximum absolute atomic E-state index is 13.0. The molecule has 3 heterocycles. The molecular weight excluding hydrogens is 494 g/mol. The van der Waals surface area contributed by atoms with Crippen LogP contribution < -0.4 is 9.64 Å². The van der Waals surface area contributed by atoms with Gasteiger partial charge in [-0.2, -0.15) is 10.1 Å². The van der Waals surface area contributed by atoms with Gasteiger partial charge in [0.05, 0.1) is 23.4 Å². The number of anilines is 1. The van der Waals surface area contributed by atoms with Crippen molar-refractivity contribution in [3.05, 3.63) is 102 Å². The number of piperazine rings is 1. The summed E-state index contributed by atoms with van der Waals surface area (Å²) in [5.41, 5.74) is 4.78. The molecule has 190 valence electrons. The molecule has 1 amide bonds. The molecule has 0 spiro atoms. The molecule has 4 aromatic rings. The first-order valence-electron chi connectivity index (χ1n) is 12.5. The summed E-state index contributed by atoms with van der Waals surface area (Å²) in [7, 11) is 1.65. The van der Waals surface area contributed by atoms with Crippen LogP contribution in [0.15, 0.2) is 101 Å². The minimum Gasteiger partial charge on any atom is -0.497 e. The molecule has 0 bridgehead atoms. The van der Waals surface area contributed by atoms with E-state index in [9.17, 15) is 4.79 Å². The van der Waals surface area contributed by atoms with E-state index in [1.165, 1.54) is 17.4 Å². The molecule has 1 fully saturated rings. The fourth-order valence-corrected chi connectivity index (χ4v) is 5.60. The molecule has 3 aromatic carbocycles. The van der Waals surface area contributed by atoms with Gasteiger partial charge in [0.1, 0.15) is 5.75 Å². The van der Waals surface area contributed by atoms with Gasteiger partial charge >= 0.3 is 0 Å². The van der Waals surface area contributed by atoms with E-state index in [1.807, 2.05) is 77.6 Å². The van der Waals surface area contributed by atoms with Crippen LogP contribution in [0.3, 0.4) is 0 Å². The Morgan fingerprint density at radius 3 is 2.11 bits per heavy atom. The van der Waals surface area contributed by atoms with Gasteiger partial charge < -0.3 is 14.5 Å². The normalized spacial score (nSPS) is 16.7. The van der Waals surface area contributed by atoms with Crippen molar-refractivity contribution in [3.63, 3.8) is 0 Å². The summed E-state index contributed by atoms with van der Waals surface area (Å²) in [5.74, 6) is 0.576. The second-order valence-electron chi connectivity index (χ2n) is 9.06. The lowest BCUT2D eigenvalue weighted by Crippen LogP contribution is -2.47. The minimum atomic E-state index is -0.205. The number of amides is 1. The molecule has 38 heavy (non-hydrogen) atoms. The molecule has 8 heteroatoms. The standard InChI is InChI=1S/C30H27N5O2S/c1-37-26-14-12-22(13-15-26)28-23(21-35(32-28)25-10-6-3-7-11-25)20-27-29(36)31-30(38-27)34-18-16-33(17-19-34)24-8-4-2-5-9-24/h2-15,20-21H,16-19H2,1H3/b27-20-. The zero-order valence-electron chi connectivity index (χ0n) is 21.0. The minimum absolute atomic E-state index is 0.205. The molecule has 0 aliphatic carbocycles. The van der Waals surface area contributed by atoms with E-state index in [2.05, 4.69) is 39.1 Å². The number of thioether (sulfide) groups is 1. The fourth-order valence-electron chi connectivity index (χ4n) is 4.65. The lowest BCUT2D eigenvalue weighted by Gasteiger charge is -2.36. The third kappa shape index (κ3) is 4.95. The second-order valence-corrected chi connectivity index (χ2v) is 10.1. The monoisotopic (exact) mass is 521 g/mol. The summed E-state index contributed by atoms with van der Waals surface area (Å²) >= 11 is 1.44. The summed E-state index contributed by atoms with van der Waals surface area (Å²) in [5, 5.41) is 5.65. The third-order valence-electron chi connectivity index (χ3n) is 6.69. The van der Waals surface area contributed by atoms with Crippen molar-refractivity contribution in [2.24, 2.45) is 4.99 Å². The average Bonchev–Trinajstić information content (AvgIpc) is 3.58. The summed E-state index contributed by atoms with van der Waals surface area (Å²) < 4.78 is 7.17. The van der Waals surface area contributed by atoms with Crippen LogP contribution in [0.25, 0.3) is 23.0 Å². The van der Waals surface area contributed by atoms with Crippen LogP contribution in [-0.2, 0) is 4.79 Å². The zero-order valence-corrected chi connectivity index (χ0v) is 21.8. The van der Waals surface area contributed by atoms with Crippen LogP contribution in [0.4, 0.5) is 5.69 Å². The van der Waals surface area contributed by atoms with Crippen LogP contribution in [0.5, 0.6) is 5.75 Å².